The summed E-state index contributed by atoms with van der Waals surface area (Å²) in [4.78, 5) is 13.3. The second-order valence-electron chi connectivity index (χ2n) is 7.65. The fraction of sp³-hybridized carbons (Fsp3) is 0.167. The first-order chi connectivity index (χ1) is 16.4. The molecule has 1 aliphatic rings. The summed E-state index contributed by atoms with van der Waals surface area (Å²) in [5.74, 6) is 2.30. The van der Waals surface area contributed by atoms with E-state index in [9.17, 15) is 4.79 Å². The fourth-order valence-electron chi connectivity index (χ4n) is 3.42. The van der Waals surface area contributed by atoms with Crippen molar-refractivity contribution in [3.8, 4) is 17.2 Å². The molecule has 174 valence electrons. The molecule has 1 aliphatic heterocycles. The van der Waals surface area contributed by atoms with E-state index in [0.717, 1.165) is 16.8 Å². The van der Waals surface area contributed by atoms with Crippen molar-refractivity contribution >= 4 is 46.3 Å². The molecule has 4 aromatic rings. The van der Waals surface area contributed by atoms with E-state index in [0.29, 0.717) is 51.1 Å². The minimum absolute atomic E-state index is 0.217. The highest BCUT2D eigenvalue weighted by molar-refractivity contribution is 7.12. The van der Waals surface area contributed by atoms with E-state index in [2.05, 4.69) is 10.4 Å². The van der Waals surface area contributed by atoms with Crippen LogP contribution in [0, 0.1) is 6.92 Å². The molecule has 0 radical (unpaired) electrons. The molecule has 34 heavy (non-hydrogen) atoms. The second-order valence-corrected chi connectivity index (χ2v) is 9.38. The number of nitrogens with one attached hydrogen (secondary N) is 1. The van der Waals surface area contributed by atoms with Crippen LogP contribution in [0.3, 0.4) is 0 Å². The van der Waals surface area contributed by atoms with Crippen molar-refractivity contribution in [3.63, 3.8) is 0 Å². The summed E-state index contributed by atoms with van der Waals surface area (Å²) in [6.07, 6.45) is 0. The standard InChI is InChI=1S/C24H19Cl2N3O4S/c1-14-6-23(28-29(14)10-15-2-4-18(25)19(26)7-15)27-24(30)22-8-16(12-34-22)11-31-17-3-5-20-21(9-17)33-13-32-20/h2-9,12H,10-11,13H2,1H3,(H,27,28,30). The van der Waals surface area contributed by atoms with Crippen LogP contribution in [0.5, 0.6) is 17.2 Å². The van der Waals surface area contributed by atoms with Gasteiger partial charge in [-0.3, -0.25) is 9.48 Å². The summed E-state index contributed by atoms with van der Waals surface area (Å²) >= 11 is 13.4. The Morgan fingerprint density at radius 1 is 1.09 bits per heavy atom. The first kappa shape index (κ1) is 22.6. The topological polar surface area (TPSA) is 74.6 Å². The van der Waals surface area contributed by atoms with Crippen LogP contribution in [0.1, 0.15) is 26.5 Å². The first-order valence-electron chi connectivity index (χ1n) is 10.3. The molecule has 0 fully saturated rings. The minimum atomic E-state index is -0.224. The van der Waals surface area contributed by atoms with Crippen LogP contribution in [0.15, 0.2) is 53.9 Å². The van der Waals surface area contributed by atoms with Crippen LogP contribution in [-0.2, 0) is 13.2 Å². The van der Waals surface area contributed by atoms with Crippen LogP contribution in [0.25, 0.3) is 0 Å². The van der Waals surface area contributed by atoms with Crippen molar-refractivity contribution in [2.24, 2.45) is 0 Å². The predicted octanol–water partition coefficient (Wildman–Crippen LogP) is 6.17. The highest BCUT2D eigenvalue weighted by atomic mass is 35.5. The highest BCUT2D eigenvalue weighted by Gasteiger charge is 2.15. The number of ether oxygens (including phenoxy) is 3. The number of carbonyl (C=O) groups is 1. The second kappa shape index (κ2) is 9.58. The lowest BCUT2D eigenvalue weighted by Crippen LogP contribution is -2.11. The molecule has 3 heterocycles. The number of hydrogen-bond acceptors (Lipinski definition) is 6. The maximum absolute atomic E-state index is 12.7. The van der Waals surface area contributed by atoms with Gasteiger partial charge in [0, 0.05) is 23.4 Å². The number of rotatable bonds is 7. The Morgan fingerprint density at radius 3 is 2.79 bits per heavy atom. The summed E-state index contributed by atoms with van der Waals surface area (Å²) in [5, 5.41) is 10.3. The molecule has 10 heteroatoms. The normalized spacial score (nSPS) is 12.1. The highest BCUT2D eigenvalue weighted by Crippen LogP contribution is 2.35. The van der Waals surface area contributed by atoms with E-state index < -0.39 is 0 Å². The van der Waals surface area contributed by atoms with E-state index in [4.69, 9.17) is 37.4 Å². The number of nitrogens with zero attached hydrogens (tertiary/aromatic N) is 2. The third kappa shape index (κ3) is 4.99. The number of amides is 1. The van der Waals surface area contributed by atoms with Gasteiger partial charge in [0.05, 0.1) is 21.5 Å². The quantitative estimate of drug-likeness (QED) is 0.318. The van der Waals surface area contributed by atoms with Gasteiger partial charge < -0.3 is 19.5 Å². The van der Waals surface area contributed by atoms with Gasteiger partial charge in [0.1, 0.15) is 12.4 Å². The Hall–Kier alpha value is -3.20. The van der Waals surface area contributed by atoms with Crippen LogP contribution in [0.2, 0.25) is 10.0 Å². The lowest BCUT2D eigenvalue weighted by Gasteiger charge is -2.06. The van der Waals surface area contributed by atoms with E-state index >= 15 is 0 Å². The third-order valence-corrected chi connectivity index (χ3v) is 6.88. The zero-order valence-electron chi connectivity index (χ0n) is 18.0. The van der Waals surface area contributed by atoms with Crippen LogP contribution in [-0.4, -0.2) is 22.5 Å². The number of benzene rings is 2. The molecule has 0 atom stereocenters. The number of hydrogen-bond donors (Lipinski definition) is 1. The van der Waals surface area contributed by atoms with Crippen molar-refractivity contribution in [3.05, 3.63) is 85.7 Å². The molecule has 0 aliphatic carbocycles. The van der Waals surface area contributed by atoms with Crippen molar-refractivity contribution in [1.82, 2.24) is 9.78 Å². The summed E-state index contributed by atoms with van der Waals surface area (Å²) in [5.41, 5.74) is 2.77. The summed E-state index contributed by atoms with van der Waals surface area (Å²) in [6.45, 7) is 2.99. The SMILES string of the molecule is Cc1cc(NC(=O)c2cc(COc3ccc4c(c3)OCO4)cs2)nn1Cc1ccc(Cl)c(Cl)c1. The summed E-state index contributed by atoms with van der Waals surface area (Å²) in [7, 11) is 0. The molecule has 7 nitrogen and oxygen atoms in total. The molecule has 0 bridgehead atoms. The van der Waals surface area contributed by atoms with Gasteiger partial charge in [-0.2, -0.15) is 5.10 Å². The summed E-state index contributed by atoms with van der Waals surface area (Å²) in [6, 6.07) is 14.5. The maximum atomic E-state index is 12.7. The Kier molecular flexibility index (Phi) is 6.36. The van der Waals surface area contributed by atoms with Crippen LogP contribution in [0.4, 0.5) is 5.82 Å². The van der Waals surface area contributed by atoms with E-state index in [1.54, 1.807) is 16.8 Å². The van der Waals surface area contributed by atoms with E-state index in [1.807, 2.05) is 48.7 Å². The molecule has 1 amide bonds. The van der Waals surface area contributed by atoms with E-state index in [1.165, 1.54) is 11.3 Å². The number of aryl methyl sites for hydroxylation is 1. The third-order valence-electron chi connectivity index (χ3n) is 5.17. The molecule has 0 saturated heterocycles. The largest absolute Gasteiger partial charge is 0.489 e. The first-order valence-corrected chi connectivity index (χ1v) is 12.0. The Labute approximate surface area is 209 Å². The predicted molar refractivity (Wildman–Crippen MR) is 132 cm³/mol. The Bertz CT molecular complexity index is 1370. The molecule has 2 aromatic carbocycles. The lowest BCUT2D eigenvalue weighted by molar-refractivity contribution is 0.103. The summed E-state index contributed by atoms with van der Waals surface area (Å²) < 4.78 is 18.3. The average Bonchev–Trinajstić information content (AvgIpc) is 3.55. The zero-order chi connectivity index (χ0) is 23.7. The van der Waals surface area contributed by atoms with Crippen LogP contribution < -0.4 is 19.5 Å². The Balaban J connectivity index is 1.19. The number of thiophene rings is 1. The fourth-order valence-corrected chi connectivity index (χ4v) is 4.54. The molecule has 1 N–H and O–H groups in total. The smallest absolute Gasteiger partial charge is 0.266 e. The molecule has 0 unspecified atom stereocenters. The van der Waals surface area contributed by atoms with Crippen molar-refractivity contribution in [1.29, 1.82) is 0 Å². The average molecular weight is 516 g/mol. The lowest BCUT2D eigenvalue weighted by atomic mass is 10.2. The molecular weight excluding hydrogens is 497 g/mol. The van der Waals surface area contributed by atoms with Crippen molar-refractivity contribution < 1.29 is 19.0 Å². The number of carbonyl (C=O) groups excluding carboxylic acids is 1. The number of fused-ring (bicyclic) bond motifs is 1. The van der Waals surface area contributed by atoms with Gasteiger partial charge in [-0.05, 0) is 48.2 Å². The van der Waals surface area contributed by atoms with Crippen LogP contribution >= 0.6 is 34.5 Å². The van der Waals surface area contributed by atoms with Crippen molar-refractivity contribution in [2.45, 2.75) is 20.1 Å². The van der Waals surface area contributed by atoms with Gasteiger partial charge in [0.15, 0.2) is 17.3 Å². The monoisotopic (exact) mass is 515 g/mol. The van der Waals surface area contributed by atoms with Gasteiger partial charge in [0.2, 0.25) is 6.79 Å². The van der Waals surface area contributed by atoms with Gasteiger partial charge in [0.25, 0.3) is 5.91 Å². The Morgan fingerprint density at radius 2 is 1.94 bits per heavy atom. The van der Waals surface area contributed by atoms with Gasteiger partial charge >= 0.3 is 0 Å². The molecular formula is C24H19Cl2N3O4S. The van der Waals surface area contributed by atoms with Crippen molar-refractivity contribution in [2.75, 3.05) is 12.1 Å². The number of aromatic nitrogens is 2. The zero-order valence-corrected chi connectivity index (χ0v) is 20.3. The van der Waals surface area contributed by atoms with E-state index in [-0.39, 0.29) is 12.7 Å². The van der Waals surface area contributed by atoms with Gasteiger partial charge in [-0.1, -0.05) is 29.3 Å². The minimum Gasteiger partial charge on any atom is -0.489 e. The van der Waals surface area contributed by atoms with Gasteiger partial charge in [-0.25, -0.2) is 0 Å². The molecule has 2 aromatic heterocycles. The number of anilines is 1. The molecule has 5 rings (SSSR count). The molecule has 0 saturated carbocycles. The maximum Gasteiger partial charge on any atom is 0.266 e. The molecule has 0 spiro atoms. The van der Waals surface area contributed by atoms with Gasteiger partial charge in [-0.15, -0.1) is 11.3 Å². The number of halogens is 2.